The Hall–Kier alpha value is -1.63. The van der Waals surface area contributed by atoms with Crippen molar-refractivity contribution in [3.63, 3.8) is 0 Å². The van der Waals surface area contributed by atoms with Crippen molar-refractivity contribution >= 4 is 0 Å². The molecule has 0 nitrogen and oxygen atoms in total. The Morgan fingerprint density at radius 1 is 0.789 bits per heavy atom. The first-order valence-corrected chi connectivity index (χ1v) is 6.89. The summed E-state index contributed by atoms with van der Waals surface area (Å²) in [5, 5.41) is 0. The number of hydrogen-bond acceptors (Lipinski definition) is 0. The van der Waals surface area contributed by atoms with Crippen LogP contribution in [0.4, 0.5) is 4.39 Å². The molecule has 0 aliphatic rings. The van der Waals surface area contributed by atoms with E-state index in [4.69, 9.17) is 0 Å². The molecular formula is C18H21F. The van der Waals surface area contributed by atoms with Gasteiger partial charge in [-0.2, -0.15) is 0 Å². The largest absolute Gasteiger partial charge is 0.207 e. The van der Waals surface area contributed by atoms with Crippen molar-refractivity contribution < 1.29 is 4.39 Å². The third kappa shape index (κ3) is 3.04. The molecule has 0 aliphatic heterocycles. The minimum atomic E-state index is -0.185. The molecular weight excluding hydrogens is 235 g/mol. The van der Waals surface area contributed by atoms with Crippen molar-refractivity contribution in [1.29, 1.82) is 0 Å². The average Bonchev–Trinajstić information content (AvgIpc) is 2.38. The number of rotatable bonds is 3. The first-order chi connectivity index (χ1) is 8.99. The molecule has 19 heavy (non-hydrogen) atoms. The maximum atomic E-state index is 13.1. The van der Waals surface area contributed by atoms with E-state index >= 15 is 0 Å². The van der Waals surface area contributed by atoms with E-state index in [1.807, 2.05) is 12.1 Å². The number of benzene rings is 2. The Balaban J connectivity index is 2.57. The summed E-state index contributed by atoms with van der Waals surface area (Å²) in [7, 11) is 0. The van der Waals surface area contributed by atoms with Crippen LogP contribution >= 0.6 is 0 Å². The molecule has 100 valence electrons. The SMILES string of the molecule is CC(C)c1ccc(C(C)C)c(-c2ccc(F)cc2)c1. The molecule has 2 aromatic carbocycles. The summed E-state index contributed by atoms with van der Waals surface area (Å²) in [5.41, 5.74) is 4.95. The van der Waals surface area contributed by atoms with Gasteiger partial charge >= 0.3 is 0 Å². The van der Waals surface area contributed by atoms with Crippen LogP contribution in [0.1, 0.15) is 50.7 Å². The fraction of sp³-hybridized carbons (Fsp3) is 0.333. The van der Waals surface area contributed by atoms with Crippen LogP contribution in [0.3, 0.4) is 0 Å². The van der Waals surface area contributed by atoms with E-state index in [9.17, 15) is 4.39 Å². The molecule has 0 bridgehead atoms. The van der Waals surface area contributed by atoms with Crippen LogP contribution in [0, 0.1) is 5.82 Å². The smallest absolute Gasteiger partial charge is 0.123 e. The Morgan fingerprint density at radius 2 is 1.42 bits per heavy atom. The highest BCUT2D eigenvalue weighted by atomic mass is 19.1. The monoisotopic (exact) mass is 256 g/mol. The van der Waals surface area contributed by atoms with Crippen LogP contribution in [0.2, 0.25) is 0 Å². The summed E-state index contributed by atoms with van der Waals surface area (Å²) >= 11 is 0. The number of hydrogen-bond donors (Lipinski definition) is 0. The van der Waals surface area contributed by atoms with E-state index in [2.05, 4.69) is 45.9 Å². The second-order valence-electron chi connectivity index (χ2n) is 5.66. The van der Waals surface area contributed by atoms with Crippen molar-refractivity contribution in [3.8, 4) is 11.1 Å². The van der Waals surface area contributed by atoms with Gasteiger partial charge in [0.05, 0.1) is 0 Å². The summed E-state index contributed by atoms with van der Waals surface area (Å²) in [4.78, 5) is 0. The molecule has 0 heterocycles. The van der Waals surface area contributed by atoms with Crippen molar-refractivity contribution in [2.75, 3.05) is 0 Å². The normalized spacial score (nSPS) is 11.3. The van der Waals surface area contributed by atoms with Gasteiger partial charge in [0, 0.05) is 0 Å². The van der Waals surface area contributed by atoms with Crippen LogP contribution in [-0.2, 0) is 0 Å². The highest BCUT2D eigenvalue weighted by molar-refractivity contribution is 5.69. The highest BCUT2D eigenvalue weighted by Gasteiger charge is 2.11. The quantitative estimate of drug-likeness (QED) is 0.657. The van der Waals surface area contributed by atoms with Crippen LogP contribution in [0.25, 0.3) is 11.1 Å². The maximum Gasteiger partial charge on any atom is 0.123 e. The predicted molar refractivity (Wildman–Crippen MR) is 80.0 cm³/mol. The van der Waals surface area contributed by atoms with Gasteiger partial charge in [0.25, 0.3) is 0 Å². The first-order valence-electron chi connectivity index (χ1n) is 6.89. The van der Waals surface area contributed by atoms with Crippen molar-refractivity contribution in [2.45, 2.75) is 39.5 Å². The molecule has 0 aliphatic carbocycles. The molecule has 0 spiro atoms. The van der Waals surface area contributed by atoms with Gasteiger partial charge in [-0.05, 0) is 46.2 Å². The van der Waals surface area contributed by atoms with Gasteiger partial charge in [0.1, 0.15) is 5.82 Å². The molecule has 2 aromatic rings. The van der Waals surface area contributed by atoms with Crippen molar-refractivity contribution in [2.24, 2.45) is 0 Å². The standard InChI is InChI=1S/C18H21F/c1-12(2)15-7-10-17(13(3)4)18(11-15)14-5-8-16(19)9-6-14/h5-13H,1-4H3. The second kappa shape index (κ2) is 5.56. The Kier molecular flexibility index (Phi) is 4.04. The summed E-state index contributed by atoms with van der Waals surface area (Å²) in [5.74, 6) is 0.775. The fourth-order valence-electron chi connectivity index (χ4n) is 2.32. The van der Waals surface area contributed by atoms with E-state index in [0.717, 1.165) is 5.56 Å². The zero-order valence-electron chi connectivity index (χ0n) is 12.1. The molecule has 0 N–H and O–H groups in total. The van der Waals surface area contributed by atoms with Gasteiger partial charge < -0.3 is 0 Å². The third-order valence-electron chi connectivity index (χ3n) is 3.52. The Morgan fingerprint density at radius 3 is 1.95 bits per heavy atom. The lowest BCUT2D eigenvalue weighted by Crippen LogP contribution is -1.96. The van der Waals surface area contributed by atoms with Gasteiger partial charge in [0.2, 0.25) is 0 Å². The second-order valence-corrected chi connectivity index (χ2v) is 5.66. The van der Waals surface area contributed by atoms with Crippen LogP contribution in [-0.4, -0.2) is 0 Å². The average molecular weight is 256 g/mol. The van der Waals surface area contributed by atoms with E-state index < -0.39 is 0 Å². The topological polar surface area (TPSA) is 0 Å². The molecule has 1 heteroatoms. The molecule has 0 radical (unpaired) electrons. The number of halogens is 1. The minimum Gasteiger partial charge on any atom is -0.207 e. The lowest BCUT2D eigenvalue weighted by molar-refractivity contribution is 0.628. The molecule has 0 saturated carbocycles. The van der Waals surface area contributed by atoms with Gasteiger partial charge in [-0.15, -0.1) is 0 Å². The molecule has 0 unspecified atom stereocenters. The fourth-order valence-corrected chi connectivity index (χ4v) is 2.32. The maximum absolute atomic E-state index is 13.1. The van der Waals surface area contributed by atoms with Gasteiger partial charge in [-0.25, -0.2) is 4.39 Å². The van der Waals surface area contributed by atoms with Crippen molar-refractivity contribution in [1.82, 2.24) is 0 Å². The molecule has 0 saturated heterocycles. The van der Waals surface area contributed by atoms with Gasteiger partial charge in [0.15, 0.2) is 0 Å². The zero-order valence-corrected chi connectivity index (χ0v) is 12.1. The van der Waals surface area contributed by atoms with E-state index in [-0.39, 0.29) is 5.82 Å². The van der Waals surface area contributed by atoms with Crippen LogP contribution < -0.4 is 0 Å². The highest BCUT2D eigenvalue weighted by Crippen LogP contribution is 2.32. The summed E-state index contributed by atoms with van der Waals surface area (Å²) in [6.45, 7) is 8.77. The molecule has 0 aromatic heterocycles. The lowest BCUT2D eigenvalue weighted by atomic mass is 9.89. The third-order valence-corrected chi connectivity index (χ3v) is 3.52. The Labute approximate surface area is 115 Å². The summed E-state index contributed by atoms with van der Waals surface area (Å²) < 4.78 is 13.1. The lowest BCUT2D eigenvalue weighted by Gasteiger charge is -2.16. The van der Waals surface area contributed by atoms with Gasteiger partial charge in [-0.1, -0.05) is 58.0 Å². The summed E-state index contributed by atoms with van der Waals surface area (Å²) in [6.07, 6.45) is 0. The molecule has 0 fully saturated rings. The zero-order chi connectivity index (χ0) is 14.0. The molecule has 0 atom stereocenters. The molecule has 0 amide bonds. The van der Waals surface area contributed by atoms with Gasteiger partial charge in [-0.3, -0.25) is 0 Å². The first kappa shape index (κ1) is 13.8. The Bertz CT molecular complexity index is 550. The van der Waals surface area contributed by atoms with Crippen LogP contribution in [0.15, 0.2) is 42.5 Å². The van der Waals surface area contributed by atoms with E-state index in [0.29, 0.717) is 11.8 Å². The van der Waals surface area contributed by atoms with E-state index in [1.54, 1.807) is 0 Å². The van der Waals surface area contributed by atoms with Crippen LogP contribution in [0.5, 0.6) is 0 Å². The summed E-state index contributed by atoms with van der Waals surface area (Å²) in [6, 6.07) is 13.4. The molecule has 2 rings (SSSR count). The van der Waals surface area contributed by atoms with E-state index in [1.165, 1.54) is 28.8 Å². The minimum absolute atomic E-state index is 0.185. The predicted octanol–water partition coefficient (Wildman–Crippen LogP) is 5.74. The van der Waals surface area contributed by atoms with Crippen molar-refractivity contribution in [3.05, 3.63) is 59.4 Å².